The number of hydrogen-bond acceptors (Lipinski definition) is 4. The highest BCUT2D eigenvalue weighted by Gasteiger charge is 2.26. The Hall–Kier alpha value is -2.15. The summed E-state index contributed by atoms with van der Waals surface area (Å²) in [5, 5.41) is 0.658. The highest BCUT2D eigenvalue weighted by molar-refractivity contribution is 6.44. The normalized spacial score (nSPS) is 11.3. The summed E-state index contributed by atoms with van der Waals surface area (Å²) in [6.07, 6.45) is 1.54. The van der Waals surface area contributed by atoms with Gasteiger partial charge in [0.05, 0.1) is 21.1 Å². The molecule has 3 aromatic rings. The Labute approximate surface area is 188 Å². The predicted molar refractivity (Wildman–Crippen MR) is 121 cm³/mol. The van der Waals surface area contributed by atoms with Crippen LogP contribution in [0.15, 0.2) is 27.8 Å². The van der Waals surface area contributed by atoms with Crippen molar-refractivity contribution in [3.05, 3.63) is 60.3 Å². The number of alkyl halides is 1. The average Bonchev–Trinajstić information content (AvgIpc) is 2.72. The Balaban J connectivity index is 2.51. The molecule has 1 aromatic carbocycles. The zero-order chi connectivity index (χ0) is 22.2. The Morgan fingerprint density at radius 2 is 1.80 bits per heavy atom. The lowest BCUT2D eigenvalue weighted by molar-refractivity contribution is 0.0979. The van der Waals surface area contributed by atoms with Crippen LogP contribution >= 0.6 is 34.8 Å². The number of ketones is 1. The van der Waals surface area contributed by atoms with E-state index in [1.54, 1.807) is 25.1 Å². The Kier molecular flexibility index (Phi) is 6.70. The quantitative estimate of drug-likeness (QED) is 0.303. The van der Waals surface area contributed by atoms with E-state index in [4.69, 9.17) is 34.8 Å². The van der Waals surface area contributed by atoms with Gasteiger partial charge in [0.15, 0.2) is 5.78 Å². The van der Waals surface area contributed by atoms with Crippen molar-refractivity contribution in [1.82, 2.24) is 14.1 Å². The minimum Gasteiger partial charge on any atom is -0.294 e. The molecule has 158 valence electrons. The Morgan fingerprint density at radius 1 is 1.10 bits per heavy atom. The van der Waals surface area contributed by atoms with Gasteiger partial charge in [0.25, 0.3) is 5.56 Å². The third-order valence-corrected chi connectivity index (χ3v) is 6.14. The van der Waals surface area contributed by atoms with Gasteiger partial charge in [-0.3, -0.25) is 18.7 Å². The van der Waals surface area contributed by atoms with E-state index in [1.165, 1.54) is 18.7 Å². The highest BCUT2D eigenvalue weighted by atomic mass is 35.5. The van der Waals surface area contributed by atoms with Gasteiger partial charge < -0.3 is 0 Å². The predicted octanol–water partition coefficient (Wildman–Crippen LogP) is 4.51. The van der Waals surface area contributed by atoms with Crippen molar-refractivity contribution in [3.8, 4) is 11.1 Å². The van der Waals surface area contributed by atoms with Crippen LogP contribution in [-0.4, -0.2) is 25.8 Å². The van der Waals surface area contributed by atoms with E-state index in [2.05, 4.69) is 4.98 Å². The lowest BCUT2D eigenvalue weighted by Gasteiger charge is -2.18. The number of aromatic nitrogens is 3. The van der Waals surface area contributed by atoms with Gasteiger partial charge >= 0.3 is 5.69 Å². The van der Waals surface area contributed by atoms with Gasteiger partial charge in [0.2, 0.25) is 0 Å². The van der Waals surface area contributed by atoms with Gasteiger partial charge in [0, 0.05) is 43.1 Å². The first-order chi connectivity index (χ1) is 14.2. The number of pyridine rings is 1. The number of rotatable bonds is 6. The Morgan fingerprint density at radius 3 is 2.47 bits per heavy atom. The molecule has 30 heavy (non-hydrogen) atoms. The molecule has 0 bridgehead atoms. The third kappa shape index (κ3) is 3.80. The van der Waals surface area contributed by atoms with Gasteiger partial charge in [-0.1, -0.05) is 35.3 Å². The van der Waals surface area contributed by atoms with Crippen LogP contribution in [0.5, 0.6) is 0 Å². The van der Waals surface area contributed by atoms with Gasteiger partial charge in [-0.15, -0.1) is 11.6 Å². The number of carbonyl (C=O) groups is 1. The molecule has 0 atom stereocenters. The molecule has 0 saturated heterocycles. The summed E-state index contributed by atoms with van der Waals surface area (Å²) in [5.41, 5.74) is 0.618. The van der Waals surface area contributed by atoms with Gasteiger partial charge in [-0.25, -0.2) is 9.78 Å². The topological polar surface area (TPSA) is 74.0 Å². The zero-order valence-electron chi connectivity index (χ0n) is 16.8. The summed E-state index contributed by atoms with van der Waals surface area (Å²) in [4.78, 5) is 43.2. The van der Waals surface area contributed by atoms with Crippen molar-refractivity contribution in [2.45, 2.75) is 26.2 Å². The summed E-state index contributed by atoms with van der Waals surface area (Å²) in [6.45, 7) is 1.68. The number of carbonyl (C=O) groups excluding carboxylic acids is 1. The second-order valence-corrected chi connectivity index (χ2v) is 8.19. The van der Waals surface area contributed by atoms with Crippen LogP contribution in [0.1, 0.15) is 35.3 Å². The lowest BCUT2D eigenvalue weighted by Crippen LogP contribution is -2.38. The molecule has 9 heteroatoms. The molecule has 0 fully saturated rings. The van der Waals surface area contributed by atoms with Crippen molar-refractivity contribution in [2.24, 2.45) is 14.1 Å². The van der Waals surface area contributed by atoms with E-state index in [-0.39, 0.29) is 28.3 Å². The van der Waals surface area contributed by atoms with Crippen molar-refractivity contribution >= 4 is 51.6 Å². The first-order valence-corrected chi connectivity index (χ1v) is 10.6. The molecule has 6 nitrogen and oxygen atoms in total. The maximum atomic E-state index is 13.2. The van der Waals surface area contributed by atoms with E-state index in [0.29, 0.717) is 46.1 Å². The molecule has 0 unspecified atom stereocenters. The van der Waals surface area contributed by atoms with E-state index < -0.39 is 11.2 Å². The van der Waals surface area contributed by atoms with Crippen LogP contribution in [0.25, 0.3) is 22.2 Å². The standard InChI is InChI=1S/C21H20Cl3N3O3/c1-11-15(14(28)9-4-5-10-22)16(12-7-6-8-13(23)18(12)24)17-19(25-11)26(2)21(30)27(3)20(17)29/h6-8H,4-5,9-10H2,1-3H3. The van der Waals surface area contributed by atoms with Crippen molar-refractivity contribution in [1.29, 1.82) is 0 Å². The van der Waals surface area contributed by atoms with Crippen LogP contribution in [0, 0.1) is 6.92 Å². The van der Waals surface area contributed by atoms with Crippen molar-refractivity contribution < 1.29 is 4.79 Å². The van der Waals surface area contributed by atoms with E-state index in [1.807, 2.05) is 0 Å². The second-order valence-electron chi connectivity index (χ2n) is 7.02. The van der Waals surface area contributed by atoms with Gasteiger partial charge in [0.1, 0.15) is 5.65 Å². The van der Waals surface area contributed by atoms with Gasteiger partial charge in [-0.05, 0) is 25.8 Å². The third-order valence-electron chi connectivity index (χ3n) is 5.06. The van der Waals surface area contributed by atoms with Crippen LogP contribution in [-0.2, 0) is 14.1 Å². The number of halogens is 3. The number of hydrogen-bond donors (Lipinski definition) is 0. The monoisotopic (exact) mass is 467 g/mol. The number of unbranched alkanes of at least 4 members (excludes halogenated alkanes) is 1. The molecule has 0 N–H and O–H groups in total. The first kappa shape index (κ1) is 22.5. The summed E-state index contributed by atoms with van der Waals surface area (Å²) in [6, 6.07) is 5.02. The van der Waals surface area contributed by atoms with E-state index in [9.17, 15) is 14.4 Å². The molecule has 0 spiro atoms. The summed E-state index contributed by atoms with van der Waals surface area (Å²) in [7, 11) is 2.91. The molecule has 2 heterocycles. The lowest BCUT2D eigenvalue weighted by atomic mass is 9.91. The molecule has 0 aliphatic rings. The zero-order valence-corrected chi connectivity index (χ0v) is 19.0. The second kappa shape index (κ2) is 8.92. The first-order valence-electron chi connectivity index (χ1n) is 9.34. The molecular weight excluding hydrogens is 449 g/mol. The largest absolute Gasteiger partial charge is 0.332 e. The molecule has 0 amide bonds. The smallest absolute Gasteiger partial charge is 0.294 e. The molecule has 0 aliphatic heterocycles. The van der Waals surface area contributed by atoms with Crippen LogP contribution in [0.4, 0.5) is 0 Å². The molecule has 0 aliphatic carbocycles. The van der Waals surface area contributed by atoms with Crippen LogP contribution in [0.3, 0.4) is 0 Å². The van der Waals surface area contributed by atoms with Crippen LogP contribution in [0.2, 0.25) is 10.0 Å². The average molecular weight is 469 g/mol. The molecule has 3 rings (SSSR count). The van der Waals surface area contributed by atoms with E-state index in [0.717, 1.165) is 4.57 Å². The fourth-order valence-electron chi connectivity index (χ4n) is 3.52. The fourth-order valence-corrected chi connectivity index (χ4v) is 4.10. The SMILES string of the molecule is Cc1nc2c(c(-c3cccc(Cl)c3Cl)c1C(=O)CCCCCl)c(=O)n(C)c(=O)n2C. The minimum absolute atomic E-state index is 0.148. The molecule has 2 aromatic heterocycles. The summed E-state index contributed by atoms with van der Waals surface area (Å²) < 4.78 is 2.27. The molecule has 0 saturated carbocycles. The van der Waals surface area contributed by atoms with E-state index >= 15 is 0 Å². The van der Waals surface area contributed by atoms with Gasteiger partial charge in [-0.2, -0.15) is 0 Å². The van der Waals surface area contributed by atoms with Crippen molar-refractivity contribution in [3.63, 3.8) is 0 Å². The number of nitrogens with zero attached hydrogens (tertiary/aromatic N) is 3. The number of benzene rings is 1. The molecule has 0 radical (unpaired) electrons. The number of aryl methyl sites for hydroxylation is 2. The fraction of sp³-hybridized carbons (Fsp3) is 0.333. The number of Topliss-reactive ketones (excluding diaryl/α,β-unsaturated/α-hetero) is 1. The highest BCUT2D eigenvalue weighted by Crippen LogP contribution is 2.39. The maximum absolute atomic E-state index is 13.2. The number of fused-ring (bicyclic) bond motifs is 1. The minimum atomic E-state index is -0.554. The van der Waals surface area contributed by atoms with Crippen LogP contribution < -0.4 is 11.2 Å². The van der Waals surface area contributed by atoms with Crippen molar-refractivity contribution in [2.75, 3.05) is 5.88 Å². The Bertz CT molecular complexity index is 1280. The molecular formula is C21H20Cl3N3O3. The maximum Gasteiger partial charge on any atom is 0.332 e. The summed E-state index contributed by atoms with van der Waals surface area (Å²) in [5.74, 6) is 0.284. The summed E-state index contributed by atoms with van der Waals surface area (Å²) >= 11 is 18.5.